The molecule has 99 valence electrons. The van der Waals surface area contributed by atoms with Crippen LogP contribution in [-0.2, 0) is 0 Å². The summed E-state index contributed by atoms with van der Waals surface area (Å²) in [6.07, 6.45) is 0. The van der Waals surface area contributed by atoms with E-state index in [9.17, 15) is 0 Å². The van der Waals surface area contributed by atoms with Crippen LogP contribution in [0.4, 0.5) is 0 Å². The van der Waals surface area contributed by atoms with Gasteiger partial charge in [0.25, 0.3) is 0 Å². The van der Waals surface area contributed by atoms with Gasteiger partial charge in [0.2, 0.25) is 0 Å². The summed E-state index contributed by atoms with van der Waals surface area (Å²) in [5.74, 6) is 1.79. The third-order valence-electron chi connectivity index (χ3n) is 3.54. The van der Waals surface area contributed by atoms with E-state index >= 15 is 0 Å². The Kier molecular flexibility index (Phi) is 3.79. The van der Waals surface area contributed by atoms with Crippen LogP contribution in [0.25, 0.3) is 11.1 Å². The molecule has 0 heterocycles. The van der Waals surface area contributed by atoms with Gasteiger partial charge in [-0.2, -0.15) is 0 Å². The van der Waals surface area contributed by atoms with E-state index < -0.39 is 0 Å². The maximum absolute atomic E-state index is 5.45. The zero-order valence-corrected chi connectivity index (χ0v) is 12.1. The van der Waals surface area contributed by atoms with Crippen LogP contribution in [0.1, 0.15) is 16.7 Å². The lowest BCUT2D eigenvalue weighted by Crippen LogP contribution is -1.96. The molecular formula is C17H19O2. The van der Waals surface area contributed by atoms with Gasteiger partial charge in [-0.15, -0.1) is 0 Å². The number of aryl methyl sites for hydroxylation is 1. The number of hydrogen-bond donors (Lipinski definition) is 0. The highest BCUT2D eigenvalue weighted by molar-refractivity contribution is 5.71. The lowest BCUT2D eigenvalue weighted by Gasteiger charge is -2.16. The van der Waals surface area contributed by atoms with E-state index in [0.29, 0.717) is 0 Å². The topological polar surface area (TPSA) is 18.5 Å². The molecule has 2 nitrogen and oxygen atoms in total. The minimum Gasteiger partial charge on any atom is -0.497 e. The SMILES string of the molecule is COc1c[c]c(-c2cc(C)c(OC)c(C)c2C)cc1. The fourth-order valence-corrected chi connectivity index (χ4v) is 2.36. The molecule has 0 N–H and O–H groups in total. The van der Waals surface area contributed by atoms with Crippen LogP contribution >= 0.6 is 0 Å². The predicted octanol–water partition coefficient (Wildman–Crippen LogP) is 4.10. The molecule has 0 unspecified atom stereocenters. The van der Waals surface area contributed by atoms with Gasteiger partial charge in [-0.3, -0.25) is 0 Å². The summed E-state index contributed by atoms with van der Waals surface area (Å²) in [6, 6.07) is 11.3. The van der Waals surface area contributed by atoms with Crippen molar-refractivity contribution in [3.8, 4) is 22.6 Å². The van der Waals surface area contributed by atoms with Gasteiger partial charge in [0.15, 0.2) is 0 Å². The molecule has 0 saturated carbocycles. The molecule has 19 heavy (non-hydrogen) atoms. The second kappa shape index (κ2) is 5.35. The summed E-state index contributed by atoms with van der Waals surface area (Å²) in [5.41, 5.74) is 5.82. The number of benzene rings is 2. The van der Waals surface area contributed by atoms with E-state index in [1.165, 1.54) is 16.7 Å². The van der Waals surface area contributed by atoms with Crippen molar-refractivity contribution < 1.29 is 9.47 Å². The standard InChI is InChI=1S/C17H19O2/c1-11-10-16(12(2)13(3)17(11)19-5)14-6-8-15(18-4)9-7-14/h6,8-10H,1-5H3. The van der Waals surface area contributed by atoms with Crippen LogP contribution in [0.3, 0.4) is 0 Å². The zero-order valence-electron chi connectivity index (χ0n) is 12.1. The molecule has 0 amide bonds. The first-order valence-electron chi connectivity index (χ1n) is 6.29. The average molecular weight is 255 g/mol. The fourth-order valence-electron chi connectivity index (χ4n) is 2.36. The highest BCUT2D eigenvalue weighted by Crippen LogP contribution is 2.34. The van der Waals surface area contributed by atoms with Gasteiger partial charge in [-0.25, -0.2) is 0 Å². The number of methoxy groups -OCH3 is 2. The Morgan fingerprint density at radius 1 is 0.947 bits per heavy atom. The molecule has 0 aliphatic carbocycles. The first kappa shape index (κ1) is 13.5. The minimum absolute atomic E-state index is 0.823. The first-order chi connectivity index (χ1) is 9.08. The lowest BCUT2D eigenvalue weighted by molar-refractivity contribution is 0.408. The van der Waals surface area contributed by atoms with Gasteiger partial charge in [-0.1, -0.05) is 6.07 Å². The molecule has 0 aromatic heterocycles. The van der Waals surface area contributed by atoms with E-state index in [1.54, 1.807) is 14.2 Å². The second-order valence-corrected chi connectivity index (χ2v) is 4.67. The number of hydrogen-bond acceptors (Lipinski definition) is 2. The van der Waals surface area contributed by atoms with Crippen molar-refractivity contribution in [1.29, 1.82) is 0 Å². The van der Waals surface area contributed by atoms with Crippen molar-refractivity contribution in [1.82, 2.24) is 0 Å². The second-order valence-electron chi connectivity index (χ2n) is 4.67. The highest BCUT2D eigenvalue weighted by atomic mass is 16.5. The third-order valence-corrected chi connectivity index (χ3v) is 3.54. The molecule has 0 atom stereocenters. The van der Waals surface area contributed by atoms with Gasteiger partial charge < -0.3 is 9.47 Å². The summed E-state index contributed by atoms with van der Waals surface area (Å²) in [5, 5.41) is 0. The van der Waals surface area contributed by atoms with Gasteiger partial charge in [-0.05, 0) is 72.9 Å². The molecule has 0 aliphatic heterocycles. The van der Waals surface area contributed by atoms with E-state index in [0.717, 1.165) is 22.6 Å². The maximum Gasteiger partial charge on any atom is 0.124 e. The number of rotatable bonds is 3. The summed E-state index contributed by atoms with van der Waals surface area (Å²) in [7, 11) is 3.38. The molecule has 2 aromatic rings. The van der Waals surface area contributed by atoms with Crippen molar-refractivity contribution >= 4 is 0 Å². The van der Waals surface area contributed by atoms with Gasteiger partial charge in [0.1, 0.15) is 11.5 Å². The average Bonchev–Trinajstić information content (AvgIpc) is 2.43. The third kappa shape index (κ3) is 2.43. The molecule has 2 heteroatoms. The number of ether oxygens (including phenoxy) is 2. The van der Waals surface area contributed by atoms with Crippen molar-refractivity contribution in [2.45, 2.75) is 20.8 Å². The Bertz CT molecular complexity index is 583. The van der Waals surface area contributed by atoms with Crippen LogP contribution in [0.15, 0.2) is 24.3 Å². The molecule has 0 saturated heterocycles. The van der Waals surface area contributed by atoms with E-state index in [-0.39, 0.29) is 0 Å². The predicted molar refractivity (Wildman–Crippen MR) is 78.0 cm³/mol. The Balaban J connectivity index is 2.56. The van der Waals surface area contributed by atoms with Gasteiger partial charge in [0, 0.05) is 0 Å². The van der Waals surface area contributed by atoms with Gasteiger partial charge >= 0.3 is 0 Å². The molecule has 0 aliphatic rings. The summed E-state index contributed by atoms with van der Waals surface area (Å²) >= 11 is 0. The molecule has 0 spiro atoms. The molecule has 2 rings (SSSR count). The van der Waals surface area contributed by atoms with Crippen LogP contribution in [-0.4, -0.2) is 14.2 Å². The van der Waals surface area contributed by atoms with Crippen LogP contribution < -0.4 is 9.47 Å². The van der Waals surface area contributed by atoms with Crippen molar-refractivity contribution in [2.24, 2.45) is 0 Å². The molecular weight excluding hydrogens is 236 g/mol. The molecule has 1 radical (unpaired) electrons. The normalized spacial score (nSPS) is 10.4. The molecule has 2 aromatic carbocycles. The first-order valence-corrected chi connectivity index (χ1v) is 6.29. The summed E-state index contributed by atoms with van der Waals surface area (Å²) in [4.78, 5) is 0. The largest absolute Gasteiger partial charge is 0.497 e. The Labute approximate surface area is 115 Å². The van der Waals surface area contributed by atoms with Crippen molar-refractivity contribution in [2.75, 3.05) is 14.2 Å². The van der Waals surface area contributed by atoms with Crippen LogP contribution in [0, 0.1) is 26.8 Å². The van der Waals surface area contributed by atoms with Crippen molar-refractivity contribution in [3.05, 3.63) is 47.0 Å². The smallest absolute Gasteiger partial charge is 0.124 e. The summed E-state index contributed by atoms with van der Waals surface area (Å²) < 4.78 is 10.6. The quantitative estimate of drug-likeness (QED) is 0.822. The Hall–Kier alpha value is -1.96. The van der Waals surface area contributed by atoms with E-state index in [1.807, 2.05) is 18.2 Å². The molecule has 0 bridgehead atoms. The van der Waals surface area contributed by atoms with Crippen LogP contribution in [0.5, 0.6) is 11.5 Å². The Morgan fingerprint density at radius 2 is 1.68 bits per heavy atom. The van der Waals surface area contributed by atoms with Gasteiger partial charge in [0.05, 0.1) is 14.2 Å². The molecule has 0 fully saturated rings. The van der Waals surface area contributed by atoms with E-state index in [2.05, 4.69) is 32.9 Å². The monoisotopic (exact) mass is 255 g/mol. The lowest BCUT2D eigenvalue weighted by atomic mass is 9.94. The Morgan fingerprint density at radius 3 is 2.21 bits per heavy atom. The fraction of sp³-hybridized carbons (Fsp3) is 0.294. The van der Waals surface area contributed by atoms with E-state index in [4.69, 9.17) is 9.47 Å². The maximum atomic E-state index is 5.45. The minimum atomic E-state index is 0.823. The van der Waals surface area contributed by atoms with Crippen molar-refractivity contribution in [3.63, 3.8) is 0 Å². The summed E-state index contributed by atoms with van der Waals surface area (Å²) in [6.45, 7) is 6.27. The van der Waals surface area contributed by atoms with Crippen LogP contribution in [0.2, 0.25) is 0 Å². The highest BCUT2D eigenvalue weighted by Gasteiger charge is 2.12. The zero-order chi connectivity index (χ0) is 14.0.